The summed E-state index contributed by atoms with van der Waals surface area (Å²) in [7, 11) is 0. The minimum absolute atomic E-state index is 0.560. The van der Waals surface area contributed by atoms with Crippen molar-refractivity contribution in [2.45, 2.75) is 26.7 Å². The quantitative estimate of drug-likeness (QED) is 0.868. The van der Waals surface area contributed by atoms with Gasteiger partial charge in [0.1, 0.15) is 0 Å². The highest BCUT2D eigenvalue weighted by Crippen LogP contribution is 2.18. The van der Waals surface area contributed by atoms with Gasteiger partial charge in [0.2, 0.25) is 0 Å². The van der Waals surface area contributed by atoms with E-state index in [0.717, 1.165) is 17.9 Å². The normalized spacial score (nSPS) is 13.8. The minimum Gasteiger partial charge on any atom is -0.330 e. The molecular formula is C12H19N3S. The first-order chi connectivity index (χ1) is 7.69. The van der Waals surface area contributed by atoms with Crippen LogP contribution in [0.2, 0.25) is 0 Å². The monoisotopic (exact) mass is 237 g/mol. The zero-order valence-electron chi connectivity index (χ0n) is 9.89. The topological polar surface area (TPSA) is 43.3 Å². The van der Waals surface area contributed by atoms with Gasteiger partial charge in [0.15, 0.2) is 4.96 Å². The standard InChI is InChI=1S/C12H19N3S/c1-9(2)5-10(7-13)6-11-8-15-3-4-16-12(15)14-11/h3-4,8-10H,5-7,13H2,1-2H3. The molecule has 0 aromatic carbocycles. The van der Waals surface area contributed by atoms with E-state index >= 15 is 0 Å². The summed E-state index contributed by atoms with van der Waals surface area (Å²) in [4.78, 5) is 5.67. The predicted octanol–water partition coefficient (Wildman–Crippen LogP) is 2.56. The Bertz CT molecular complexity index is 415. The highest BCUT2D eigenvalue weighted by Gasteiger charge is 2.12. The Balaban J connectivity index is 2.05. The third-order valence-corrected chi connectivity index (χ3v) is 3.55. The highest BCUT2D eigenvalue weighted by atomic mass is 32.1. The van der Waals surface area contributed by atoms with Crippen molar-refractivity contribution in [2.24, 2.45) is 17.6 Å². The maximum Gasteiger partial charge on any atom is 0.193 e. The van der Waals surface area contributed by atoms with Crippen molar-refractivity contribution in [1.29, 1.82) is 0 Å². The molecule has 0 radical (unpaired) electrons. The van der Waals surface area contributed by atoms with Gasteiger partial charge >= 0.3 is 0 Å². The molecule has 3 nitrogen and oxygen atoms in total. The number of fused-ring (bicyclic) bond motifs is 1. The second kappa shape index (κ2) is 4.97. The molecule has 1 unspecified atom stereocenters. The van der Waals surface area contributed by atoms with Gasteiger partial charge in [0, 0.05) is 17.8 Å². The lowest BCUT2D eigenvalue weighted by Gasteiger charge is -2.15. The summed E-state index contributed by atoms with van der Waals surface area (Å²) >= 11 is 1.68. The van der Waals surface area contributed by atoms with Crippen LogP contribution in [0.5, 0.6) is 0 Å². The van der Waals surface area contributed by atoms with Crippen LogP contribution in [0.4, 0.5) is 0 Å². The van der Waals surface area contributed by atoms with Gasteiger partial charge in [-0.3, -0.25) is 4.40 Å². The Hall–Kier alpha value is -0.870. The van der Waals surface area contributed by atoms with Crippen molar-refractivity contribution in [3.05, 3.63) is 23.5 Å². The van der Waals surface area contributed by atoms with Crippen molar-refractivity contribution in [3.63, 3.8) is 0 Å². The van der Waals surface area contributed by atoms with Gasteiger partial charge < -0.3 is 5.73 Å². The first-order valence-corrected chi connectivity index (χ1v) is 6.68. The summed E-state index contributed by atoms with van der Waals surface area (Å²) in [6.07, 6.45) is 6.36. The Morgan fingerprint density at radius 2 is 2.31 bits per heavy atom. The van der Waals surface area contributed by atoms with Crippen molar-refractivity contribution in [1.82, 2.24) is 9.38 Å². The van der Waals surface area contributed by atoms with Crippen molar-refractivity contribution in [3.8, 4) is 0 Å². The van der Waals surface area contributed by atoms with Crippen LogP contribution in [-0.4, -0.2) is 15.9 Å². The molecule has 2 N–H and O–H groups in total. The molecule has 2 rings (SSSR count). The van der Waals surface area contributed by atoms with E-state index in [9.17, 15) is 0 Å². The van der Waals surface area contributed by atoms with Crippen LogP contribution in [0.1, 0.15) is 26.0 Å². The largest absolute Gasteiger partial charge is 0.330 e. The second-order valence-corrected chi connectivity index (χ2v) is 5.63. The van der Waals surface area contributed by atoms with Gasteiger partial charge in [-0.05, 0) is 31.2 Å². The highest BCUT2D eigenvalue weighted by molar-refractivity contribution is 7.15. The molecule has 0 saturated heterocycles. The van der Waals surface area contributed by atoms with Gasteiger partial charge in [-0.1, -0.05) is 13.8 Å². The van der Waals surface area contributed by atoms with Gasteiger partial charge in [-0.25, -0.2) is 4.98 Å². The number of nitrogens with zero attached hydrogens (tertiary/aromatic N) is 2. The van der Waals surface area contributed by atoms with Gasteiger partial charge in [-0.15, -0.1) is 11.3 Å². The third kappa shape index (κ3) is 2.62. The molecule has 4 heteroatoms. The Morgan fingerprint density at radius 3 is 2.94 bits per heavy atom. The van der Waals surface area contributed by atoms with Crippen molar-refractivity contribution >= 4 is 16.3 Å². The smallest absolute Gasteiger partial charge is 0.193 e. The number of rotatable bonds is 5. The van der Waals surface area contributed by atoms with Crippen LogP contribution >= 0.6 is 11.3 Å². The van der Waals surface area contributed by atoms with Crippen molar-refractivity contribution < 1.29 is 0 Å². The molecule has 0 aliphatic rings. The first kappa shape index (κ1) is 11.6. The molecule has 0 aliphatic carbocycles. The number of hydrogen-bond donors (Lipinski definition) is 1. The molecule has 16 heavy (non-hydrogen) atoms. The summed E-state index contributed by atoms with van der Waals surface area (Å²) in [5, 5.41) is 2.06. The van der Waals surface area contributed by atoms with E-state index in [-0.39, 0.29) is 0 Å². The van der Waals surface area contributed by atoms with Gasteiger partial charge in [0.25, 0.3) is 0 Å². The van der Waals surface area contributed by atoms with Crippen LogP contribution in [-0.2, 0) is 6.42 Å². The van der Waals surface area contributed by atoms with Crippen LogP contribution in [0.3, 0.4) is 0 Å². The average molecular weight is 237 g/mol. The molecule has 0 saturated carbocycles. The molecular weight excluding hydrogens is 218 g/mol. The lowest BCUT2D eigenvalue weighted by Crippen LogP contribution is -2.19. The fourth-order valence-corrected chi connectivity index (χ4v) is 2.82. The number of thiazole rings is 1. The van der Waals surface area contributed by atoms with Crippen LogP contribution in [0, 0.1) is 11.8 Å². The van der Waals surface area contributed by atoms with E-state index in [2.05, 4.69) is 41.0 Å². The summed E-state index contributed by atoms with van der Waals surface area (Å²) in [6.45, 7) is 5.24. The summed E-state index contributed by atoms with van der Waals surface area (Å²) in [6, 6.07) is 0. The van der Waals surface area contributed by atoms with E-state index in [1.807, 2.05) is 0 Å². The number of nitrogens with two attached hydrogens (primary N) is 1. The fraction of sp³-hybridized carbons (Fsp3) is 0.583. The zero-order chi connectivity index (χ0) is 11.5. The average Bonchev–Trinajstić information content (AvgIpc) is 2.75. The lowest BCUT2D eigenvalue weighted by molar-refractivity contribution is 0.412. The zero-order valence-corrected chi connectivity index (χ0v) is 10.7. The number of hydrogen-bond acceptors (Lipinski definition) is 3. The molecule has 88 valence electrons. The molecule has 0 bridgehead atoms. The van der Waals surface area contributed by atoms with E-state index in [1.165, 1.54) is 12.1 Å². The summed E-state index contributed by atoms with van der Waals surface area (Å²) in [5.74, 6) is 1.27. The summed E-state index contributed by atoms with van der Waals surface area (Å²) in [5.41, 5.74) is 6.98. The van der Waals surface area contributed by atoms with Crippen LogP contribution in [0.25, 0.3) is 4.96 Å². The molecule has 0 aliphatic heterocycles. The maximum atomic E-state index is 5.81. The van der Waals surface area contributed by atoms with Gasteiger partial charge in [-0.2, -0.15) is 0 Å². The number of imidazole rings is 1. The SMILES string of the molecule is CC(C)CC(CN)Cc1cn2ccsc2n1. The Labute approximate surface area is 100 Å². The Kier molecular flexibility index (Phi) is 3.61. The molecule has 2 aromatic rings. The lowest BCUT2D eigenvalue weighted by atomic mass is 9.93. The molecule has 1 atom stereocenters. The predicted molar refractivity (Wildman–Crippen MR) is 68.8 cm³/mol. The van der Waals surface area contributed by atoms with E-state index in [0.29, 0.717) is 11.8 Å². The second-order valence-electron chi connectivity index (χ2n) is 4.76. The molecule has 2 heterocycles. The number of aromatic nitrogens is 2. The third-order valence-electron chi connectivity index (χ3n) is 2.78. The minimum atomic E-state index is 0.560. The first-order valence-electron chi connectivity index (χ1n) is 5.80. The van der Waals surface area contributed by atoms with E-state index in [1.54, 1.807) is 11.3 Å². The molecule has 0 amide bonds. The van der Waals surface area contributed by atoms with Crippen molar-refractivity contribution in [2.75, 3.05) is 6.54 Å². The summed E-state index contributed by atoms with van der Waals surface area (Å²) < 4.78 is 2.09. The molecule has 0 fully saturated rings. The fourth-order valence-electron chi connectivity index (χ4n) is 2.10. The van der Waals surface area contributed by atoms with Gasteiger partial charge in [0.05, 0.1) is 5.69 Å². The Morgan fingerprint density at radius 1 is 1.50 bits per heavy atom. The maximum absolute atomic E-state index is 5.81. The van der Waals surface area contributed by atoms with E-state index < -0.39 is 0 Å². The van der Waals surface area contributed by atoms with Crippen LogP contribution < -0.4 is 5.73 Å². The molecule has 0 spiro atoms. The van der Waals surface area contributed by atoms with E-state index in [4.69, 9.17) is 5.73 Å². The molecule has 2 aromatic heterocycles. The van der Waals surface area contributed by atoms with Crippen LogP contribution in [0.15, 0.2) is 17.8 Å².